The summed E-state index contributed by atoms with van der Waals surface area (Å²) in [7, 11) is 0. The Morgan fingerprint density at radius 3 is 2.64 bits per heavy atom. The first-order valence-corrected chi connectivity index (χ1v) is 4.29. The molecule has 1 unspecified atom stereocenters. The van der Waals surface area contributed by atoms with Gasteiger partial charge >= 0.3 is 6.18 Å². The Balaban J connectivity index is 3.20. The molecule has 0 bridgehead atoms. The molecule has 0 saturated carbocycles. The van der Waals surface area contributed by atoms with E-state index in [-0.39, 0.29) is 12.6 Å². The lowest BCUT2D eigenvalue weighted by Gasteiger charge is -2.09. The van der Waals surface area contributed by atoms with Gasteiger partial charge in [0.2, 0.25) is 0 Å². The molecule has 0 heterocycles. The number of ether oxygens (including phenoxy) is 1. The van der Waals surface area contributed by atoms with Gasteiger partial charge in [0, 0.05) is 6.61 Å². The molecule has 2 nitrogen and oxygen atoms in total. The van der Waals surface area contributed by atoms with E-state index < -0.39 is 12.8 Å². The van der Waals surface area contributed by atoms with E-state index in [9.17, 15) is 13.2 Å². The van der Waals surface area contributed by atoms with E-state index in [0.29, 0.717) is 13.0 Å². The van der Waals surface area contributed by atoms with Gasteiger partial charge in [-0.1, -0.05) is 5.92 Å². The predicted octanol–water partition coefficient (Wildman–Crippen LogP) is 1.57. The summed E-state index contributed by atoms with van der Waals surface area (Å²) in [5.74, 6) is 2.45. The molecule has 0 aliphatic heterocycles. The molecule has 1 atom stereocenters. The van der Waals surface area contributed by atoms with E-state index >= 15 is 0 Å². The third-order valence-corrected chi connectivity index (χ3v) is 1.43. The number of hydrogen-bond donors (Lipinski definition) is 1. The maximum atomic E-state index is 11.6. The van der Waals surface area contributed by atoms with Crippen molar-refractivity contribution in [2.24, 2.45) is 0 Å². The molecule has 14 heavy (non-hydrogen) atoms. The standard InChI is InChI=1S/C9H14F3NO/c1-3-8(2)13-5-4-6-14-7-9(10,11)12/h1,8,13H,4-7H2,2H3. The predicted molar refractivity (Wildman–Crippen MR) is 47.8 cm³/mol. The average molecular weight is 209 g/mol. The van der Waals surface area contributed by atoms with Crippen molar-refractivity contribution in [3.63, 3.8) is 0 Å². The normalized spacial score (nSPS) is 13.6. The number of rotatable bonds is 6. The van der Waals surface area contributed by atoms with Crippen molar-refractivity contribution in [2.75, 3.05) is 19.8 Å². The molecule has 0 aliphatic rings. The Morgan fingerprint density at radius 1 is 1.50 bits per heavy atom. The SMILES string of the molecule is C#CC(C)NCCCOCC(F)(F)F. The molecule has 0 aliphatic carbocycles. The fourth-order valence-electron chi connectivity index (χ4n) is 0.740. The lowest BCUT2D eigenvalue weighted by atomic mass is 10.3. The number of terminal acetylenes is 1. The minimum absolute atomic E-state index is 0.0578. The van der Waals surface area contributed by atoms with Crippen LogP contribution in [0, 0.1) is 12.3 Å². The van der Waals surface area contributed by atoms with Crippen LogP contribution in [-0.2, 0) is 4.74 Å². The lowest BCUT2D eigenvalue weighted by molar-refractivity contribution is -0.173. The first-order valence-electron chi connectivity index (χ1n) is 4.29. The number of halogens is 3. The van der Waals surface area contributed by atoms with Crippen LogP contribution < -0.4 is 5.32 Å². The lowest BCUT2D eigenvalue weighted by Crippen LogP contribution is -2.26. The van der Waals surface area contributed by atoms with Gasteiger partial charge in [-0.3, -0.25) is 0 Å². The molecule has 0 amide bonds. The molecule has 5 heteroatoms. The average Bonchev–Trinajstić information content (AvgIpc) is 2.08. The first-order chi connectivity index (χ1) is 6.45. The van der Waals surface area contributed by atoms with E-state index in [1.807, 2.05) is 0 Å². The number of alkyl halides is 3. The second kappa shape index (κ2) is 6.68. The summed E-state index contributed by atoms with van der Waals surface area (Å²) >= 11 is 0. The molecule has 0 rings (SSSR count). The van der Waals surface area contributed by atoms with Crippen LogP contribution in [0.3, 0.4) is 0 Å². The second-order valence-electron chi connectivity index (χ2n) is 2.86. The first kappa shape index (κ1) is 13.3. The highest BCUT2D eigenvalue weighted by Crippen LogP contribution is 2.14. The van der Waals surface area contributed by atoms with Crippen molar-refractivity contribution in [1.29, 1.82) is 0 Å². The molecule has 0 saturated heterocycles. The van der Waals surface area contributed by atoms with Crippen molar-refractivity contribution >= 4 is 0 Å². The zero-order chi connectivity index (χ0) is 11.0. The smallest absolute Gasteiger partial charge is 0.372 e. The van der Waals surface area contributed by atoms with Crippen molar-refractivity contribution in [3.05, 3.63) is 0 Å². The Kier molecular flexibility index (Phi) is 6.34. The highest BCUT2D eigenvalue weighted by molar-refractivity contribution is 4.95. The van der Waals surface area contributed by atoms with Gasteiger partial charge in [-0.2, -0.15) is 13.2 Å². The van der Waals surface area contributed by atoms with Gasteiger partial charge in [-0.05, 0) is 19.9 Å². The third-order valence-electron chi connectivity index (χ3n) is 1.43. The zero-order valence-electron chi connectivity index (χ0n) is 8.03. The maximum absolute atomic E-state index is 11.6. The Morgan fingerprint density at radius 2 is 2.14 bits per heavy atom. The molecule has 0 fully saturated rings. The summed E-state index contributed by atoms with van der Waals surface area (Å²) < 4.78 is 39.1. The Bertz CT molecular complexity index is 185. The molecule has 0 aromatic rings. The molecule has 0 aromatic heterocycles. The van der Waals surface area contributed by atoms with Crippen LogP contribution >= 0.6 is 0 Å². The number of hydrogen-bond acceptors (Lipinski definition) is 2. The van der Waals surface area contributed by atoms with Gasteiger partial charge in [0.1, 0.15) is 6.61 Å². The zero-order valence-corrected chi connectivity index (χ0v) is 8.03. The van der Waals surface area contributed by atoms with E-state index in [2.05, 4.69) is 16.0 Å². The highest BCUT2D eigenvalue weighted by Gasteiger charge is 2.27. The van der Waals surface area contributed by atoms with Crippen LogP contribution in [0.1, 0.15) is 13.3 Å². The largest absolute Gasteiger partial charge is 0.411 e. The summed E-state index contributed by atoms with van der Waals surface area (Å²) in [4.78, 5) is 0. The van der Waals surface area contributed by atoms with E-state index in [1.165, 1.54) is 0 Å². The van der Waals surface area contributed by atoms with Crippen LogP contribution in [0.25, 0.3) is 0 Å². The maximum Gasteiger partial charge on any atom is 0.411 e. The molecular formula is C9H14F3NO. The van der Waals surface area contributed by atoms with E-state index in [1.54, 1.807) is 6.92 Å². The summed E-state index contributed by atoms with van der Waals surface area (Å²) in [5.41, 5.74) is 0. The molecule has 82 valence electrons. The second-order valence-corrected chi connectivity index (χ2v) is 2.86. The van der Waals surface area contributed by atoms with Crippen LogP contribution in [0.15, 0.2) is 0 Å². The minimum Gasteiger partial charge on any atom is -0.372 e. The monoisotopic (exact) mass is 209 g/mol. The van der Waals surface area contributed by atoms with Crippen LogP contribution in [0.5, 0.6) is 0 Å². The fourth-order valence-corrected chi connectivity index (χ4v) is 0.740. The molecule has 1 N–H and O–H groups in total. The van der Waals surface area contributed by atoms with Crippen molar-refractivity contribution < 1.29 is 17.9 Å². The minimum atomic E-state index is -4.24. The number of nitrogens with one attached hydrogen (secondary N) is 1. The van der Waals surface area contributed by atoms with Gasteiger partial charge < -0.3 is 10.1 Å². The van der Waals surface area contributed by atoms with Crippen LogP contribution in [0.2, 0.25) is 0 Å². The fraction of sp³-hybridized carbons (Fsp3) is 0.778. The van der Waals surface area contributed by atoms with Crippen molar-refractivity contribution in [1.82, 2.24) is 5.32 Å². The summed E-state index contributed by atoms with van der Waals surface area (Å²) in [5, 5.41) is 2.93. The van der Waals surface area contributed by atoms with Gasteiger partial charge in [-0.15, -0.1) is 6.42 Å². The molecule has 0 aromatic carbocycles. The van der Waals surface area contributed by atoms with Crippen LogP contribution in [-0.4, -0.2) is 32.0 Å². The summed E-state index contributed by atoms with van der Waals surface area (Å²) in [6.07, 6.45) is 1.36. The highest BCUT2D eigenvalue weighted by atomic mass is 19.4. The Labute approximate surface area is 81.8 Å². The third kappa shape index (κ3) is 9.36. The van der Waals surface area contributed by atoms with Crippen molar-refractivity contribution in [2.45, 2.75) is 25.6 Å². The van der Waals surface area contributed by atoms with Gasteiger partial charge in [0.25, 0.3) is 0 Å². The van der Waals surface area contributed by atoms with Crippen LogP contribution in [0.4, 0.5) is 13.2 Å². The molecular weight excluding hydrogens is 195 g/mol. The topological polar surface area (TPSA) is 21.3 Å². The Hall–Kier alpha value is -0.730. The van der Waals surface area contributed by atoms with Gasteiger partial charge in [0.15, 0.2) is 0 Å². The molecule has 0 radical (unpaired) electrons. The van der Waals surface area contributed by atoms with Crippen molar-refractivity contribution in [3.8, 4) is 12.3 Å². The quantitative estimate of drug-likeness (QED) is 0.529. The van der Waals surface area contributed by atoms with E-state index in [0.717, 1.165) is 0 Å². The molecule has 0 spiro atoms. The summed E-state index contributed by atoms with van der Waals surface area (Å²) in [6, 6.07) is -0.0578. The van der Waals surface area contributed by atoms with E-state index in [4.69, 9.17) is 6.42 Å². The van der Waals surface area contributed by atoms with Gasteiger partial charge in [-0.25, -0.2) is 0 Å². The van der Waals surface area contributed by atoms with Gasteiger partial charge in [0.05, 0.1) is 6.04 Å². The summed E-state index contributed by atoms with van der Waals surface area (Å²) in [6.45, 7) is 1.27.